The van der Waals surface area contributed by atoms with Gasteiger partial charge in [0.25, 0.3) is 0 Å². The number of halogens is 1. The number of carbonyl (C=O) groups is 1. The molecular weight excluding hydrogens is 230 g/mol. The molecule has 1 aromatic carbocycles. The molecule has 82 valence electrons. The van der Waals surface area contributed by atoms with Crippen LogP contribution in [0.15, 0.2) is 18.5 Å². The molecule has 0 spiro atoms. The molecule has 0 saturated heterocycles. The molecule has 0 amide bonds. The van der Waals surface area contributed by atoms with Gasteiger partial charge in [0, 0.05) is 10.4 Å². The van der Waals surface area contributed by atoms with Gasteiger partial charge in [0.2, 0.25) is 0 Å². The lowest BCUT2D eigenvalue weighted by Gasteiger charge is -2.05. The first kappa shape index (κ1) is 10.6. The zero-order chi connectivity index (χ0) is 11.7. The maximum atomic E-state index is 11.5. The van der Waals surface area contributed by atoms with E-state index in [0.29, 0.717) is 15.9 Å². The van der Waals surface area contributed by atoms with Crippen molar-refractivity contribution in [3.05, 3.63) is 29.0 Å². The fraction of sp³-hybridized carbons (Fsp3) is 0.100. The number of fused-ring (bicyclic) bond motifs is 1. The van der Waals surface area contributed by atoms with E-state index in [1.165, 1.54) is 19.5 Å². The minimum absolute atomic E-state index is 0.276. The Morgan fingerprint density at radius 2 is 2.19 bits per heavy atom. The Morgan fingerprint density at radius 1 is 1.44 bits per heavy atom. The molecule has 16 heavy (non-hydrogen) atoms. The third kappa shape index (κ3) is 1.65. The fourth-order valence-electron chi connectivity index (χ4n) is 1.42. The van der Waals surface area contributed by atoms with Crippen molar-refractivity contribution in [1.82, 2.24) is 9.97 Å². The van der Waals surface area contributed by atoms with Gasteiger partial charge >= 0.3 is 5.97 Å². The highest BCUT2D eigenvalue weighted by atomic mass is 35.5. The molecule has 1 heterocycles. The van der Waals surface area contributed by atoms with Crippen LogP contribution in [0.25, 0.3) is 10.9 Å². The highest BCUT2D eigenvalue weighted by Gasteiger charge is 2.14. The Balaban J connectivity index is 2.83. The van der Waals surface area contributed by atoms with E-state index in [9.17, 15) is 4.79 Å². The number of hydrogen-bond donors (Lipinski definition) is 1. The Bertz CT molecular complexity index is 571. The number of benzene rings is 1. The number of nitrogens with two attached hydrogens (primary N) is 1. The molecule has 0 bridgehead atoms. The van der Waals surface area contributed by atoms with Crippen molar-refractivity contribution in [2.24, 2.45) is 0 Å². The summed E-state index contributed by atoms with van der Waals surface area (Å²) >= 11 is 5.88. The van der Waals surface area contributed by atoms with Crippen molar-refractivity contribution >= 4 is 34.3 Å². The van der Waals surface area contributed by atoms with Crippen molar-refractivity contribution in [2.75, 3.05) is 12.8 Å². The lowest BCUT2D eigenvalue weighted by Crippen LogP contribution is -2.04. The average Bonchev–Trinajstić information content (AvgIpc) is 2.28. The molecule has 0 fully saturated rings. The van der Waals surface area contributed by atoms with Gasteiger partial charge in [0.1, 0.15) is 12.1 Å². The number of methoxy groups -OCH3 is 1. The van der Waals surface area contributed by atoms with Crippen molar-refractivity contribution < 1.29 is 9.53 Å². The lowest BCUT2D eigenvalue weighted by atomic mass is 10.1. The monoisotopic (exact) mass is 237 g/mol. The Morgan fingerprint density at radius 3 is 2.88 bits per heavy atom. The topological polar surface area (TPSA) is 78.1 Å². The molecule has 6 heteroatoms. The summed E-state index contributed by atoms with van der Waals surface area (Å²) < 4.78 is 4.64. The molecule has 2 N–H and O–H groups in total. The Kier molecular flexibility index (Phi) is 2.62. The first-order valence-electron chi connectivity index (χ1n) is 4.41. The molecule has 0 aliphatic heterocycles. The van der Waals surface area contributed by atoms with Crippen LogP contribution in [0, 0.1) is 0 Å². The summed E-state index contributed by atoms with van der Waals surface area (Å²) in [5, 5.41) is 0.921. The first-order valence-corrected chi connectivity index (χ1v) is 4.79. The van der Waals surface area contributed by atoms with Crippen LogP contribution in [-0.4, -0.2) is 23.0 Å². The fourth-order valence-corrected chi connectivity index (χ4v) is 1.64. The summed E-state index contributed by atoms with van der Waals surface area (Å²) in [6, 6.07) is 3.10. The number of rotatable bonds is 1. The van der Waals surface area contributed by atoms with Crippen LogP contribution < -0.4 is 5.73 Å². The number of nitrogen functional groups attached to an aromatic ring is 1. The minimum atomic E-state index is -0.509. The van der Waals surface area contributed by atoms with Crippen LogP contribution >= 0.6 is 11.6 Å². The Hall–Kier alpha value is -1.88. The molecule has 0 atom stereocenters. The Labute approximate surface area is 96.2 Å². The lowest BCUT2D eigenvalue weighted by molar-refractivity contribution is 0.0603. The summed E-state index contributed by atoms with van der Waals surface area (Å²) in [5.74, 6) is -0.233. The summed E-state index contributed by atoms with van der Waals surface area (Å²) in [6.07, 6.45) is 1.29. The van der Waals surface area contributed by atoms with Crippen molar-refractivity contribution in [2.45, 2.75) is 0 Å². The van der Waals surface area contributed by atoms with E-state index in [1.807, 2.05) is 0 Å². The van der Waals surface area contributed by atoms with Gasteiger partial charge in [-0.05, 0) is 12.1 Å². The van der Waals surface area contributed by atoms with E-state index in [2.05, 4.69) is 14.7 Å². The number of nitrogens with zero attached hydrogens (tertiary/aromatic N) is 2. The smallest absolute Gasteiger partial charge is 0.340 e. The molecule has 5 nitrogen and oxygen atoms in total. The van der Waals surface area contributed by atoms with Gasteiger partial charge in [-0.25, -0.2) is 14.8 Å². The molecule has 0 saturated carbocycles. The standard InChI is InChI=1S/C10H8ClN3O2/c1-16-10(15)7-3-5(11)2-6-8(7)13-4-14-9(6)12/h2-4H,1H3,(H2,12,13,14). The zero-order valence-corrected chi connectivity index (χ0v) is 9.15. The number of aromatic nitrogens is 2. The van der Waals surface area contributed by atoms with Gasteiger partial charge in [0.15, 0.2) is 0 Å². The molecule has 0 radical (unpaired) electrons. The predicted octanol–water partition coefficient (Wildman–Crippen LogP) is 1.65. The van der Waals surface area contributed by atoms with Gasteiger partial charge in [-0.2, -0.15) is 0 Å². The molecule has 2 rings (SSSR count). The van der Waals surface area contributed by atoms with Crippen LogP contribution in [0.4, 0.5) is 5.82 Å². The normalized spacial score (nSPS) is 10.4. The maximum absolute atomic E-state index is 11.5. The first-order chi connectivity index (χ1) is 7.63. The van der Waals surface area contributed by atoms with Crippen LogP contribution in [0.2, 0.25) is 5.02 Å². The third-order valence-electron chi connectivity index (χ3n) is 2.14. The molecule has 0 aliphatic carbocycles. The van der Waals surface area contributed by atoms with Gasteiger partial charge in [-0.3, -0.25) is 0 Å². The number of ether oxygens (including phenoxy) is 1. The van der Waals surface area contributed by atoms with E-state index in [0.717, 1.165) is 0 Å². The molecule has 1 aromatic heterocycles. The van der Waals surface area contributed by atoms with Crippen LogP contribution in [-0.2, 0) is 4.74 Å². The van der Waals surface area contributed by atoms with Crippen LogP contribution in [0.1, 0.15) is 10.4 Å². The molecule has 0 unspecified atom stereocenters. The summed E-state index contributed by atoms with van der Waals surface area (Å²) in [6.45, 7) is 0. The highest BCUT2D eigenvalue weighted by molar-refractivity contribution is 6.32. The van der Waals surface area contributed by atoms with Crippen molar-refractivity contribution in [1.29, 1.82) is 0 Å². The van der Waals surface area contributed by atoms with Crippen LogP contribution in [0.3, 0.4) is 0 Å². The molecule has 0 aliphatic rings. The quantitative estimate of drug-likeness (QED) is 0.763. The average molecular weight is 238 g/mol. The van der Waals surface area contributed by atoms with Gasteiger partial charge in [0.05, 0.1) is 18.2 Å². The third-order valence-corrected chi connectivity index (χ3v) is 2.36. The van der Waals surface area contributed by atoms with Gasteiger partial charge < -0.3 is 10.5 Å². The van der Waals surface area contributed by atoms with E-state index in [-0.39, 0.29) is 11.4 Å². The van der Waals surface area contributed by atoms with E-state index in [1.54, 1.807) is 6.07 Å². The number of esters is 1. The minimum Gasteiger partial charge on any atom is -0.465 e. The van der Waals surface area contributed by atoms with Crippen molar-refractivity contribution in [3.8, 4) is 0 Å². The largest absolute Gasteiger partial charge is 0.465 e. The molecule has 2 aromatic rings. The van der Waals surface area contributed by atoms with Crippen LogP contribution in [0.5, 0.6) is 0 Å². The second kappa shape index (κ2) is 3.94. The maximum Gasteiger partial charge on any atom is 0.340 e. The van der Waals surface area contributed by atoms with E-state index in [4.69, 9.17) is 17.3 Å². The van der Waals surface area contributed by atoms with E-state index >= 15 is 0 Å². The number of carbonyl (C=O) groups excluding carboxylic acids is 1. The molecular formula is C10H8ClN3O2. The summed E-state index contributed by atoms with van der Waals surface area (Å²) in [4.78, 5) is 19.3. The second-order valence-electron chi connectivity index (χ2n) is 3.10. The SMILES string of the molecule is COC(=O)c1cc(Cl)cc2c(N)ncnc12. The second-order valence-corrected chi connectivity index (χ2v) is 3.54. The predicted molar refractivity (Wildman–Crippen MR) is 60.3 cm³/mol. The van der Waals surface area contributed by atoms with Crippen molar-refractivity contribution in [3.63, 3.8) is 0 Å². The number of hydrogen-bond acceptors (Lipinski definition) is 5. The van der Waals surface area contributed by atoms with Gasteiger partial charge in [-0.15, -0.1) is 0 Å². The van der Waals surface area contributed by atoms with Gasteiger partial charge in [-0.1, -0.05) is 11.6 Å². The summed E-state index contributed by atoms with van der Waals surface area (Å²) in [5.41, 5.74) is 6.38. The highest BCUT2D eigenvalue weighted by Crippen LogP contribution is 2.25. The summed E-state index contributed by atoms with van der Waals surface area (Å²) in [7, 11) is 1.29. The zero-order valence-electron chi connectivity index (χ0n) is 8.40. The van der Waals surface area contributed by atoms with E-state index < -0.39 is 5.97 Å². The number of anilines is 1.